The first-order valence-corrected chi connectivity index (χ1v) is 11.2. The van der Waals surface area contributed by atoms with Gasteiger partial charge in [0.25, 0.3) is 0 Å². The van der Waals surface area contributed by atoms with E-state index >= 15 is 0 Å². The number of piperidine rings is 1. The van der Waals surface area contributed by atoms with E-state index in [1.54, 1.807) is 0 Å². The van der Waals surface area contributed by atoms with Crippen molar-refractivity contribution < 1.29 is 18.7 Å². The third kappa shape index (κ3) is 5.77. The van der Waals surface area contributed by atoms with Crippen molar-refractivity contribution in [1.82, 2.24) is 10.3 Å². The lowest BCUT2D eigenvalue weighted by Gasteiger charge is -2.21. The zero-order valence-corrected chi connectivity index (χ0v) is 18.7. The fourth-order valence-corrected chi connectivity index (χ4v) is 3.78. The first-order valence-electron chi connectivity index (χ1n) is 11.2. The average molecular weight is 435 g/mol. The number of nitrogens with one attached hydrogen (secondary N) is 1. The lowest BCUT2D eigenvalue weighted by molar-refractivity contribution is -0.148. The molecule has 168 valence electrons. The molecular weight excluding hydrogens is 404 g/mol. The molecule has 0 aliphatic carbocycles. The number of aromatic nitrogens is 1. The van der Waals surface area contributed by atoms with Crippen molar-refractivity contribution in [2.75, 3.05) is 13.2 Å². The highest BCUT2D eigenvalue weighted by Crippen LogP contribution is 2.23. The van der Waals surface area contributed by atoms with E-state index < -0.39 is 0 Å². The second kappa shape index (κ2) is 10.5. The molecule has 1 unspecified atom stereocenters. The van der Waals surface area contributed by atoms with Crippen LogP contribution in [0.5, 0.6) is 5.75 Å². The Morgan fingerprint density at radius 3 is 2.78 bits per heavy atom. The Morgan fingerprint density at radius 2 is 2.00 bits per heavy atom. The number of hydrogen-bond donors (Lipinski definition) is 1. The summed E-state index contributed by atoms with van der Waals surface area (Å²) in [6.45, 7) is 5.59. The molecule has 6 heteroatoms. The molecule has 2 heterocycles. The first kappa shape index (κ1) is 22.1. The van der Waals surface area contributed by atoms with Gasteiger partial charge in [0, 0.05) is 12.0 Å². The minimum absolute atomic E-state index is 0.179. The van der Waals surface area contributed by atoms with E-state index in [4.69, 9.17) is 13.9 Å². The van der Waals surface area contributed by atoms with Crippen molar-refractivity contribution in [2.24, 2.45) is 0 Å². The lowest BCUT2D eigenvalue weighted by Crippen LogP contribution is -2.41. The molecule has 0 spiro atoms. The van der Waals surface area contributed by atoms with Crippen LogP contribution in [0.15, 0.2) is 52.9 Å². The van der Waals surface area contributed by atoms with Crippen molar-refractivity contribution in [3.63, 3.8) is 0 Å². The van der Waals surface area contributed by atoms with Gasteiger partial charge in [0.15, 0.2) is 0 Å². The van der Waals surface area contributed by atoms with Crippen molar-refractivity contribution in [1.29, 1.82) is 0 Å². The van der Waals surface area contributed by atoms with Gasteiger partial charge in [-0.05, 0) is 63.1 Å². The van der Waals surface area contributed by atoms with E-state index in [0.717, 1.165) is 54.1 Å². The molecule has 0 radical (unpaired) electrons. The third-order valence-corrected chi connectivity index (χ3v) is 5.67. The number of ether oxygens (including phenoxy) is 2. The number of rotatable bonds is 8. The predicted molar refractivity (Wildman–Crippen MR) is 122 cm³/mol. The van der Waals surface area contributed by atoms with Crippen molar-refractivity contribution in [3.05, 3.63) is 71.1 Å². The van der Waals surface area contributed by atoms with Gasteiger partial charge in [0.05, 0.1) is 12.3 Å². The Kier molecular flexibility index (Phi) is 7.22. The van der Waals surface area contributed by atoms with E-state index in [2.05, 4.69) is 17.2 Å². The molecule has 4 rings (SSSR count). The van der Waals surface area contributed by atoms with Crippen LogP contribution in [0.1, 0.15) is 41.8 Å². The number of hydrogen-bond acceptors (Lipinski definition) is 6. The van der Waals surface area contributed by atoms with Crippen LogP contribution >= 0.6 is 0 Å². The molecule has 0 amide bonds. The Labute approximate surface area is 189 Å². The number of aryl methyl sites for hydroxylation is 2. The summed E-state index contributed by atoms with van der Waals surface area (Å²) in [5, 5.41) is 3.22. The highest BCUT2D eigenvalue weighted by molar-refractivity contribution is 5.75. The fourth-order valence-electron chi connectivity index (χ4n) is 3.78. The van der Waals surface area contributed by atoms with Crippen LogP contribution in [0.4, 0.5) is 0 Å². The SMILES string of the molecule is Cc1ccc(-c2nc(CCOc3cccc(COC(=O)C4CCCCN4)c3)c(C)o2)cc1. The first-order chi connectivity index (χ1) is 15.6. The molecule has 1 aromatic heterocycles. The van der Waals surface area contributed by atoms with Crippen LogP contribution in [0, 0.1) is 13.8 Å². The molecule has 1 fully saturated rings. The number of nitrogens with zero attached hydrogens (tertiary/aromatic N) is 1. The van der Waals surface area contributed by atoms with E-state index in [-0.39, 0.29) is 18.6 Å². The monoisotopic (exact) mass is 434 g/mol. The number of esters is 1. The van der Waals surface area contributed by atoms with Crippen molar-refractivity contribution in [2.45, 2.75) is 52.2 Å². The normalized spacial score (nSPS) is 16.0. The maximum absolute atomic E-state index is 12.2. The molecule has 1 N–H and O–H groups in total. The quantitative estimate of drug-likeness (QED) is 0.515. The van der Waals surface area contributed by atoms with Gasteiger partial charge in [-0.25, -0.2) is 4.98 Å². The van der Waals surface area contributed by atoms with Gasteiger partial charge >= 0.3 is 5.97 Å². The summed E-state index contributed by atoms with van der Waals surface area (Å²) in [7, 11) is 0. The zero-order valence-electron chi connectivity index (χ0n) is 18.7. The molecule has 1 aliphatic heterocycles. The van der Waals surface area contributed by atoms with Crippen molar-refractivity contribution in [3.8, 4) is 17.2 Å². The minimum Gasteiger partial charge on any atom is -0.493 e. The minimum atomic E-state index is -0.182. The van der Waals surface area contributed by atoms with Crippen LogP contribution in [0.25, 0.3) is 11.5 Å². The van der Waals surface area contributed by atoms with Gasteiger partial charge < -0.3 is 19.2 Å². The number of oxazole rings is 1. The van der Waals surface area contributed by atoms with Crippen LogP contribution in [0.3, 0.4) is 0 Å². The molecule has 2 aromatic carbocycles. The summed E-state index contributed by atoms with van der Waals surface area (Å²) in [6.07, 6.45) is 3.67. The molecule has 1 aliphatic rings. The average Bonchev–Trinajstić information content (AvgIpc) is 3.19. The Morgan fingerprint density at radius 1 is 1.16 bits per heavy atom. The summed E-state index contributed by atoms with van der Waals surface area (Å²) >= 11 is 0. The topological polar surface area (TPSA) is 73.6 Å². The van der Waals surface area contributed by atoms with Gasteiger partial charge in [-0.1, -0.05) is 36.2 Å². The lowest BCUT2D eigenvalue weighted by atomic mass is 10.1. The van der Waals surface area contributed by atoms with Gasteiger partial charge in [-0.15, -0.1) is 0 Å². The predicted octanol–water partition coefficient (Wildman–Crippen LogP) is 4.77. The largest absolute Gasteiger partial charge is 0.493 e. The highest BCUT2D eigenvalue weighted by Gasteiger charge is 2.21. The van der Waals surface area contributed by atoms with E-state index in [9.17, 15) is 4.79 Å². The van der Waals surface area contributed by atoms with E-state index in [0.29, 0.717) is 18.9 Å². The summed E-state index contributed by atoms with van der Waals surface area (Å²) < 4.78 is 17.3. The summed E-state index contributed by atoms with van der Waals surface area (Å²) in [6, 6.07) is 15.6. The summed E-state index contributed by atoms with van der Waals surface area (Å²) in [4.78, 5) is 16.8. The van der Waals surface area contributed by atoms with Gasteiger partial charge in [0.2, 0.25) is 5.89 Å². The van der Waals surface area contributed by atoms with Crippen LogP contribution in [-0.4, -0.2) is 30.1 Å². The molecular formula is C26H30N2O4. The van der Waals surface area contributed by atoms with Crippen LogP contribution in [0.2, 0.25) is 0 Å². The third-order valence-electron chi connectivity index (χ3n) is 5.67. The summed E-state index contributed by atoms with van der Waals surface area (Å²) in [5.41, 5.74) is 3.97. The van der Waals surface area contributed by atoms with E-state index in [1.165, 1.54) is 5.56 Å². The number of carbonyl (C=O) groups excluding carboxylic acids is 1. The highest BCUT2D eigenvalue weighted by atomic mass is 16.5. The Hall–Kier alpha value is -3.12. The number of benzene rings is 2. The molecule has 1 saturated heterocycles. The molecule has 32 heavy (non-hydrogen) atoms. The smallest absolute Gasteiger partial charge is 0.323 e. The van der Waals surface area contributed by atoms with E-state index in [1.807, 2.05) is 55.5 Å². The van der Waals surface area contributed by atoms with Gasteiger partial charge in [0.1, 0.15) is 24.2 Å². The second-order valence-electron chi connectivity index (χ2n) is 8.24. The fraction of sp³-hybridized carbons (Fsp3) is 0.385. The molecule has 1 atom stereocenters. The summed E-state index contributed by atoms with van der Waals surface area (Å²) in [5.74, 6) is 2.01. The van der Waals surface area contributed by atoms with Crippen LogP contribution in [-0.2, 0) is 22.6 Å². The number of carbonyl (C=O) groups is 1. The van der Waals surface area contributed by atoms with Crippen molar-refractivity contribution >= 4 is 5.97 Å². The zero-order chi connectivity index (χ0) is 22.3. The maximum Gasteiger partial charge on any atom is 0.323 e. The Balaban J connectivity index is 1.28. The van der Waals surface area contributed by atoms with Crippen LogP contribution < -0.4 is 10.1 Å². The Bertz CT molecular complexity index is 1040. The van der Waals surface area contributed by atoms with Gasteiger partial charge in [-0.2, -0.15) is 0 Å². The maximum atomic E-state index is 12.2. The molecule has 0 bridgehead atoms. The molecule has 3 aromatic rings. The second-order valence-corrected chi connectivity index (χ2v) is 8.24. The standard InChI is InChI=1S/C26H30N2O4/c1-18-9-11-21(12-10-18)25-28-23(19(2)32-25)13-15-30-22-7-5-6-20(16-22)17-31-26(29)24-8-3-4-14-27-24/h5-7,9-12,16,24,27H,3-4,8,13-15,17H2,1-2H3. The van der Waals surface area contributed by atoms with Gasteiger partial charge in [-0.3, -0.25) is 4.79 Å². The molecule has 6 nitrogen and oxygen atoms in total. The molecule has 0 saturated carbocycles.